The van der Waals surface area contributed by atoms with Crippen molar-refractivity contribution in [3.63, 3.8) is 0 Å². The van der Waals surface area contributed by atoms with Crippen molar-refractivity contribution in [3.05, 3.63) is 70.2 Å². The molecule has 0 saturated carbocycles. The third-order valence-electron chi connectivity index (χ3n) is 9.07. The number of nitrogens with zero attached hydrogens (tertiary/aromatic N) is 5. The first kappa shape index (κ1) is 35.5. The average molecular weight is 720 g/mol. The molecule has 12 nitrogen and oxygen atoms in total. The Labute approximate surface area is 301 Å². The van der Waals surface area contributed by atoms with Crippen LogP contribution in [0.3, 0.4) is 0 Å². The van der Waals surface area contributed by atoms with Crippen LogP contribution in [0.2, 0.25) is 10.0 Å². The number of aromatic nitrogens is 4. The number of ether oxygens (including phenoxy) is 2. The Hall–Kier alpha value is -4.36. The van der Waals surface area contributed by atoms with Crippen LogP contribution in [-0.4, -0.2) is 82.6 Å². The first-order chi connectivity index (χ1) is 24.3. The molecule has 6 rings (SSSR count). The van der Waals surface area contributed by atoms with Gasteiger partial charge in [0.15, 0.2) is 0 Å². The van der Waals surface area contributed by atoms with E-state index < -0.39 is 0 Å². The molecule has 0 aliphatic carbocycles. The highest BCUT2D eigenvalue weighted by atomic mass is 35.5. The predicted octanol–water partition coefficient (Wildman–Crippen LogP) is 5.06. The molecule has 3 N–H and O–H groups in total. The summed E-state index contributed by atoms with van der Waals surface area (Å²) < 4.78 is 11.2. The number of halogens is 2. The largest absolute Gasteiger partial charge is 0.480 e. The van der Waals surface area contributed by atoms with Crippen LogP contribution < -0.4 is 25.4 Å². The lowest BCUT2D eigenvalue weighted by atomic mass is 9.98. The van der Waals surface area contributed by atoms with Gasteiger partial charge in [0.05, 0.1) is 48.0 Å². The van der Waals surface area contributed by atoms with Crippen LogP contribution in [0, 0.1) is 0 Å². The number of rotatable bonds is 13. The van der Waals surface area contributed by atoms with Crippen molar-refractivity contribution in [2.75, 3.05) is 33.9 Å². The van der Waals surface area contributed by atoms with Crippen LogP contribution in [0.25, 0.3) is 33.6 Å². The number of hydrogen-bond acceptors (Lipinski definition) is 10. The Balaban J connectivity index is 1.19. The normalized spacial score (nSPS) is 17.2. The van der Waals surface area contributed by atoms with Gasteiger partial charge < -0.3 is 30.3 Å². The summed E-state index contributed by atoms with van der Waals surface area (Å²) in [6, 6.07) is 11.6. The molecule has 0 radical (unpaired) electrons. The molecule has 0 spiro atoms. The quantitative estimate of drug-likeness (QED) is 0.172. The standard InChI is InChI=1S/C36H40Cl2N8O4/c1-21(47)46-14-6-7-23(46)16-40-18-31-36(50-3)45-29(20-42-31)27-11-5-9-25(34(27)38)24-8-4-10-26(33(24)37)28-19-41-30(35(44-28)49-2)17-39-15-22-12-13-32(48)43-22/h4-5,8-11,19-20,22-23,39-40H,6-7,12-18H2,1-3H3,(H,43,48)/t22-,23-/m0/s1. The van der Waals surface area contributed by atoms with Crippen molar-refractivity contribution in [1.29, 1.82) is 0 Å². The maximum Gasteiger partial charge on any atom is 0.237 e. The molecule has 2 aliphatic rings. The molecule has 262 valence electrons. The maximum atomic E-state index is 11.9. The van der Waals surface area contributed by atoms with Gasteiger partial charge in [-0.2, -0.15) is 0 Å². The zero-order valence-electron chi connectivity index (χ0n) is 28.3. The summed E-state index contributed by atoms with van der Waals surface area (Å²) >= 11 is 14.1. The summed E-state index contributed by atoms with van der Waals surface area (Å²) in [5.74, 6) is 0.957. The molecule has 0 unspecified atom stereocenters. The van der Waals surface area contributed by atoms with Crippen molar-refractivity contribution in [2.24, 2.45) is 0 Å². The number of benzene rings is 2. The molecule has 2 amide bonds. The van der Waals surface area contributed by atoms with Gasteiger partial charge in [-0.25, -0.2) is 9.97 Å². The topological polar surface area (TPSA) is 143 Å². The highest BCUT2D eigenvalue weighted by Gasteiger charge is 2.26. The summed E-state index contributed by atoms with van der Waals surface area (Å²) in [5.41, 5.74) is 5.19. The number of nitrogens with one attached hydrogen (secondary N) is 3. The van der Waals surface area contributed by atoms with Gasteiger partial charge in [0.1, 0.15) is 11.4 Å². The fraction of sp³-hybridized carbons (Fsp3) is 0.389. The smallest absolute Gasteiger partial charge is 0.237 e. The van der Waals surface area contributed by atoms with Crippen LogP contribution in [-0.2, 0) is 22.7 Å². The van der Waals surface area contributed by atoms with Gasteiger partial charge in [-0.3, -0.25) is 19.6 Å². The van der Waals surface area contributed by atoms with Crippen molar-refractivity contribution in [3.8, 4) is 45.4 Å². The van der Waals surface area contributed by atoms with Crippen LogP contribution >= 0.6 is 23.2 Å². The van der Waals surface area contributed by atoms with E-state index in [9.17, 15) is 9.59 Å². The van der Waals surface area contributed by atoms with E-state index in [2.05, 4.69) is 25.9 Å². The van der Waals surface area contributed by atoms with Gasteiger partial charge in [-0.05, 0) is 19.3 Å². The minimum Gasteiger partial charge on any atom is -0.480 e. The second-order valence-corrected chi connectivity index (χ2v) is 13.1. The summed E-state index contributed by atoms with van der Waals surface area (Å²) in [6.45, 7) is 4.59. The van der Waals surface area contributed by atoms with Crippen LogP contribution in [0.4, 0.5) is 0 Å². The van der Waals surface area contributed by atoms with E-state index in [-0.39, 0.29) is 23.9 Å². The first-order valence-corrected chi connectivity index (χ1v) is 17.4. The molecule has 2 fully saturated rings. The maximum absolute atomic E-state index is 11.9. The first-order valence-electron chi connectivity index (χ1n) is 16.6. The molecule has 2 atom stereocenters. The van der Waals surface area contributed by atoms with E-state index >= 15 is 0 Å². The minimum atomic E-state index is 0.0804. The zero-order valence-corrected chi connectivity index (χ0v) is 29.8. The van der Waals surface area contributed by atoms with E-state index in [0.29, 0.717) is 99.4 Å². The summed E-state index contributed by atoms with van der Waals surface area (Å²) in [5, 5.41) is 10.6. The van der Waals surface area contributed by atoms with E-state index in [4.69, 9.17) is 42.6 Å². The third kappa shape index (κ3) is 7.83. The SMILES string of the molecule is COc1nc(-c2cccc(-c3cccc(-c4cnc(CNC[C@@H]5CCCN5C(C)=O)c(OC)n4)c3Cl)c2Cl)cnc1CNC[C@@H]1CCC(=O)N1. The summed E-state index contributed by atoms with van der Waals surface area (Å²) in [7, 11) is 3.12. The number of likely N-dealkylation sites (tertiary alicyclic amines) is 1. The lowest BCUT2D eigenvalue weighted by Gasteiger charge is -2.23. The molecular formula is C36H40Cl2N8O4. The van der Waals surface area contributed by atoms with Gasteiger partial charge in [0.2, 0.25) is 23.6 Å². The Bertz CT molecular complexity index is 1880. The van der Waals surface area contributed by atoms with Crippen molar-refractivity contribution < 1.29 is 19.1 Å². The summed E-state index contributed by atoms with van der Waals surface area (Å²) in [6.07, 6.45) is 6.71. The van der Waals surface area contributed by atoms with Crippen molar-refractivity contribution in [2.45, 2.75) is 57.8 Å². The predicted molar refractivity (Wildman–Crippen MR) is 192 cm³/mol. The summed E-state index contributed by atoms with van der Waals surface area (Å²) in [4.78, 5) is 44.1. The molecule has 4 aromatic rings. The van der Waals surface area contributed by atoms with Gasteiger partial charge in [0.25, 0.3) is 0 Å². The van der Waals surface area contributed by atoms with Crippen LogP contribution in [0.5, 0.6) is 11.8 Å². The molecule has 2 aromatic heterocycles. The Morgan fingerprint density at radius 3 is 1.90 bits per heavy atom. The number of amides is 2. The molecule has 2 aliphatic heterocycles. The molecule has 2 aromatic carbocycles. The van der Waals surface area contributed by atoms with E-state index in [1.807, 2.05) is 41.3 Å². The number of carbonyl (C=O) groups is 2. The lowest BCUT2D eigenvalue weighted by molar-refractivity contribution is -0.129. The van der Waals surface area contributed by atoms with Gasteiger partial charge in [-0.1, -0.05) is 59.6 Å². The second kappa shape index (κ2) is 16.1. The fourth-order valence-corrected chi connectivity index (χ4v) is 7.16. The highest BCUT2D eigenvalue weighted by molar-refractivity contribution is 6.39. The highest BCUT2D eigenvalue weighted by Crippen LogP contribution is 2.42. The Morgan fingerprint density at radius 2 is 1.40 bits per heavy atom. The van der Waals surface area contributed by atoms with E-state index in [0.717, 1.165) is 25.8 Å². The molecule has 4 heterocycles. The Morgan fingerprint density at radius 1 is 0.860 bits per heavy atom. The van der Waals surface area contributed by atoms with Crippen molar-refractivity contribution >= 4 is 35.0 Å². The molecular weight excluding hydrogens is 679 g/mol. The number of methoxy groups -OCH3 is 2. The van der Waals surface area contributed by atoms with Gasteiger partial charge in [0, 0.05) is 80.4 Å². The van der Waals surface area contributed by atoms with Gasteiger partial charge >= 0.3 is 0 Å². The zero-order chi connectivity index (χ0) is 35.2. The van der Waals surface area contributed by atoms with Gasteiger partial charge in [-0.15, -0.1) is 0 Å². The Kier molecular flexibility index (Phi) is 11.4. The molecule has 2 saturated heterocycles. The average Bonchev–Trinajstić information content (AvgIpc) is 3.78. The fourth-order valence-electron chi connectivity index (χ4n) is 6.51. The molecule has 50 heavy (non-hydrogen) atoms. The second-order valence-electron chi connectivity index (χ2n) is 12.3. The third-order valence-corrected chi connectivity index (χ3v) is 9.89. The lowest BCUT2D eigenvalue weighted by Crippen LogP contribution is -2.40. The van der Waals surface area contributed by atoms with Crippen LogP contribution in [0.1, 0.15) is 44.0 Å². The van der Waals surface area contributed by atoms with Crippen LogP contribution in [0.15, 0.2) is 48.8 Å². The monoisotopic (exact) mass is 718 g/mol. The minimum absolute atomic E-state index is 0.0804. The molecule has 0 bridgehead atoms. The number of hydrogen-bond donors (Lipinski definition) is 3. The van der Waals surface area contributed by atoms with Crippen molar-refractivity contribution in [1.82, 2.24) is 40.8 Å². The molecule has 14 heteroatoms. The van der Waals surface area contributed by atoms with E-state index in [1.165, 1.54) is 0 Å². The number of carbonyl (C=O) groups excluding carboxylic acids is 2. The van der Waals surface area contributed by atoms with E-state index in [1.54, 1.807) is 33.5 Å².